The SMILES string of the molecule is Cl.NCc1ccc(-c2noc(CN3CCCS3(=O)=O)n2)cc1. The largest absolute Gasteiger partial charge is 0.338 e. The fourth-order valence-electron chi connectivity index (χ4n) is 2.25. The van der Waals surface area contributed by atoms with Crippen molar-refractivity contribution in [2.75, 3.05) is 12.3 Å². The van der Waals surface area contributed by atoms with E-state index in [1.807, 2.05) is 24.3 Å². The quantitative estimate of drug-likeness (QED) is 0.892. The van der Waals surface area contributed by atoms with Crippen LogP contribution < -0.4 is 5.73 Å². The monoisotopic (exact) mass is 344 g/mol. The van der Waals surface area contributed by atoms with Crippen LogP contribution in [-0.2, 0) is 23.1 Å². The van der Waals surface area contributed by atoms with Crippen LogP contribution in [0.15, 0.2) is 28.8 Å². The van der Waals surface area contributed by atoms with Crippen LogP contribution in [0, 0.1) is 0 Å². The van der Waals surface area contributed by atoms with Crippen molar-refractivity contribution in [1.82, 2.24) is 14.4 Å². The van der Waals surface area contributed by atoms with Crippen LogP contribution in [0.5, 0.6) is 0 Å². The maximum Gasteiger partial charge on any atom is 0.242 e. The maximum absolute atomic E-state index is 11.7. The third-order valence-electron chi connectivity index (χ3n) is 3.43. The second kappa shape index (κ2) is 6.74. The molecule has 2 aromatic rings. The first-order valence-corrected chi connectivity index (χ1v) is 8.29. The summed E-state index contributed by atoms with van der Waals surface area (Å²) in [6, 6.07) is 7.53. The minimum Gasteiger partial charge on any atom is -0.338 e. The molecule has 1 saturated heterocycles. The van der Waals surface area contributed by atoms with Gasteiger partial charge in [-0.2, -0.15) is 9.29 Å². The molecule has 9 heteroatoms. The molecular formula is C13H17ClN4O3S. The third kappa shape index (κ3) is 3.46. The van der Waals surface area contributed by atoms with E-state index in [0.717, 1.165) is 11.1 Å². The van der Waals surface area contributed by atoms with Crippen molar-refractivity contribution >= 4 is 22.4 Å². The molecular weight excluding hydrogens is 328 g/mol. The lowest BCUT2D eigenvalue weighted by atomic mass is 10.1. The van der Waals surface area contributed by atoms with Crippen molar-refractivity contribution in [3.8, 4) is 11.4 Å². The highest BCUT2D eigenvalue weighted by Crippen LogP contribution is 2.20. The van der Waals surface area contributed by atoms with Crippen molar-refractivity contribution in [1.29, 1.82) is 0 Å². The zero-order chi connectivity index (χ0) is 14.9. The first-order valence-electron chi connectivity index (χ1n) is 6.68. The number of nitrogens with two attached hydrogens (primary N) is 1. The van der Waals surface area contributed by atoms with Gasteiger partial charge >= 0.3 is 0 Å². The van der Waals surface area contributed by atoms with Crippen LogP contribution in [0.25, 0.3) is 11.4 Å². The Balaban J connectivity index is 0.00000176. The van der Waals surface area contributed by atoms with Crippen molar-refractivity contribution in [3.63, 3.8) is 0 Å². The van der Waals surface area contributed by atoms with E-state index in [-0.39, 0.29) is 24.7 Å². The van der Waals surface area contributed by atoms with Crippen molar-refractivity contribution in [2.45, 2.75) is 19.5 Å². The van der Waals surface area contributed by atoms with Crippen molar-refractivity contribution < 1.29 is 12.9 Å². The van der Waals surface area contributed by atoms with Gasteiger partial charge in [0.05, 0.1) is 12.3 Å². The molecule has 22 heavy (non-hydrogen) atoms. The average molecular weight is 345 g/mol. The maximum atomic E-state index is 11.7. The Kier molecular flexibility index (Phi) is 5.17. The van der Waals surface area contributed by atoms with E-state index in [4.69, 9.17) is 10.3 Å². The molecule has 1 aromatic heterocycles. The zero-order valence-corrected chi connectivity index (χ0v) is 13.4. The minimum atomic E-state index is -3.16. The van der Waals surface area contributed by atoms with Gasteiger partial charge in [-0.3, -0.25) is 0 Å². The van der Waals surface area contributed by atoms with Gasteiger partial charge in [-0.25, -0.2) is 8.42 Å². The lowest BCUT2D eigenvalue weighted by molar-refractivity contribution is 0.326. The molecule has 0 amide bonds. The Hall–Kier alpha value is -1.48. The molecule has 2 heterocycles. The Morgan fingerprint density at radius 2 is 2.00 bits per heavy atom. The van der Waals surface area contributed by atoms with E-state index >= 15 is 0 Å². The van der Waals surface area contributed by atoms with Gasteiger partial charge in [-0.1, -0.05) is 29.4 Å². The first kappa shape index (κ1) is 16.9. The molecule has 0 saturated carbocycles. The van der Waals surface area contributed by atoms with Crippen LogP contribution in [0.3, 0.4) is 0 Å². The molecule has 0 radical (unpaired) electrons. The fraction of sp³-hybridized carbons (Fsp3) is 0.385. The molecule has 0 aliphatic carbocycles. The van der Waals surface area contributed by atoms with Crippen LogP contribution in [-0.4, -0.2) is 35.2 Å². The number of rotatable bonds is 4. The summed E-state index contributed by atoms with van der Waals surface area (Å²) in [6.07, 6.45) is 0.643. The zero-order valence-electron chi connectivity index (χ0n) is 11.8. The molecule has 1 fully saturated rings. The summed E-state index contributed by atoms with van der Waals surface area (Å²) in [6.45, 7) is 1.12. The van der Waals surface area contributed by atoms with Gasteiger partial charge in [-0.05, 0) is 12.0 Å². The predicted octanol–water partition coefficient (Wildman–Crippen LogP) is 1.15. The number of hydrogen-bond donors (Lipinski definition) is 1. The number of hydrogen-bond acceptors (Lipinski definition) is 6. The van der Waals surface area contributed by atoms with Crippen molar-refractivity contribution in [2.24, 2.45) is 5.73 Å². The van der Waals surface area contributed by atoms with Gasteiger partial charge in [0, 0.05) is 18.7 Å². The highest BCUT2D eigenvalue weighted by atomic mass is 35.5. The molecule has 1 aliphatic heterocycles. The summed E-state index contributed by atoms with van der Waals surface area (Å²) in [7, 11) is -3.16. The Labute approximate surface area is 135 Å². The number of aromatic nitrogens is 2. The Bertz CT molecular complexity index is 730. The van der Waals surface area contributed by atoms with Crippen molar-refractivity contribution in [3.05, 3.63) is 35.7 Å². The number of benzene rings is 1. The number of sulfonamides is 1. The molecule has 2 N–H and O–H groups in total. The van der Waals surface area contributed by atoms with Gasteiger partial charge in [0.25, 0.3) is 0 Å². The van der Waals surface area contributed by atoms with E-state index in [1.54, 1.807) is 0 Å². The second-order valence-corrected chi connectivity index (χ2v) is 7.00. The molecule has 3 rings (SSSR count). The summed E-state index contributed by atoms with van der Waals surface area (Å²) >= 11 is 0. The standard InChI is InChI=1S/C13H16N4O3S.ClH/c14-8-10-2-4-11(5-3-10)13-15-12(20-16-13)9-17-6-1-7-21(17,18)19;/h2-5H,1,6-9,14H2;1H. The van der Waals surface area contributed by atoms with Gasteiger partial charge in [-0.15, -0.1) is 12.4 Å². The van der Waals surface area contributed by atoms with Crippen LogP contribution in [0.1, 0.15) is 17.9 Å². The van der Waals surface area contributed by atoms with E-state index in [1.165, 1.54) is 4.31 Å². The molecule has 0 spiro atoms. The van der Waals surface area contributed by atoms with E-state index in [9.17, 15) is 8.42 Å². The van der Waals surface area contributed by atoms with E-state index < -0.39 is 10.0 Å². The van der Waals surface area contributed by atoms with Crippen LogP contribution >= 0.6 is 12.4 Å². The van der Waals surface area contributed by atoms with Gasteiger partial charge in [0.15, 0.2) is 0 Å². The molecule has 7 nitrogen and oxygen atoms in total. The highest BCUT2D eigenvalue weighted by Gasteiger charge is 2.29. The lowest BCUT2D eigenvalue weighted by Crippen LogP contribution is -2.25. The normalized spacial score (nSPS) is 17.3. The molecule has 0 bridgehead atoms. The summed E-state index contributed by atoms with van der Waals surface area (Å²) < 4.78 is 30.0. The first-order chi connectivity index (χ1) is 10.1. The summed E-state index contributed by atoms with van der Waals surface area (Å²) in [5.74, 6) is 0.942. The van der Waals surface area contributed by atoms with Gasteiger partial charge in [0.2, 0.25) is 21.7 Å². The Morgan fingerprint density at radius 1 is 1.27 bits per heavy atom. The van der Waals surface area contributed by atoms with Gasteiger partial charge < -0.3 is 10.3 Å². The van der Waals surface area contributed by atoms with Gasteiger partial charge in [0.1, 0.15) is 0 Å². The highest BCUT2D eigenvalue weighted by molar-refractivity contribution is 7.89. The number of nitrogens with zero attached hydrogens (tertiary/aromatic N) is 3. The Morgan fingerprint density at radius 3 is 2.59 bits per heavy atom. The smallest absolute Gasteiger partial charge is 0.242 e. The van der Waals surface area contributed by atoms with E-state index in [2.05, 4.69) is 10.1 Å². The third-order valence-corrected chi connectivity index (χ3v) is 5.33. The summed E-state index contributed by atoms with van der Waals surface area (Å²) in [5.41, 5.74) is 7.38. The van der Waals surface area contributed by atoms with Crippen LogP contribution in [0.4, 0.5) is 0 Å². The molecule has 0 atom stereocenters. The summed E-state index contributed by atoms with van der Waals surface area (Å²) in [5, 5.41) is 3.89. The van der Waals surface area contributed by atoms with E-state index in [0.29, 0.717) is 31.2 Å². The minimum absolute atomic E-state index is 0. The fourth-order valence-corrected chi connectivity index (χ4v) is 3.71. The molecule has 1 aromatic carbocycles. The molecule has 1 aliphatic rings. The lowest BCUT2D eigenvalue weighted by Gasteiger charge is -2.10. The number of halogens is 1. The second-order valence-electron chi connectivity index (χ2n) is 4.92. The molecule has 120 valence electrons. The van der Waals surface area contributed by atoms with Crippen LogP contribution in [0.2, 0.25) is 0 Å². The summed E-state index contributed by atoms with van der Waals surface area (Å²) in [4.78, 5) is 4.25. The topological polar surface area (TPSA) is 102 Å². The average Bonchev–Trinajstić information content (AvgIpc) is 3.07. The molecule has 0 unspecified atom stereocenters. The predicted molar refractivity (Wildman–Crippen MR) is 83.7 cm³/mol.